The van der Waals surface area contributed by atoms with Crippen LogP contribution in [0.4, 0.5) is 0 Å². The van der Waals surface area contributed by atoms with Gasteiger partial charge in [0.15, 0.2) is 11.4 Å². The minimum atomic E-state index is -0.149. The lowest BCUT2D eigenvalue weighted by Gasteiger charge is -2.32. The molecule has 25 heavy (non-hydrogen) atoms. The molecule has 2 saturated heterocycles. The Kier molecular flexibility index (Phi) is 4.44. The molecule has 2 aliphatic rings. The molecule has 0 bridgehead atoms. The van der Waals surface area contributed by atoms with Crippen LogP contribution in [0.3, 0.4) is 0 Å². The predicted molar refractivity (Wildman–Crippen MR) is 95.2 cm³/mol. The highest BCUT2D eigenvalue weighted by Crippen LogP contribution is 2.28. The quantitative estimate of drug-likeness (QED) is 0.927. The summed E-state index contributed by atoms with van der Waals surface area (Å²) in [7, 11) is 1.57. The lowest BCUT2D eigenvalue weighted by molar-refractivity contribution is 0.0907. The van der Waals surface area contributed by atoms with Gasteiger partial charge in [-0.3, -0.25) is 9.69 Å². The van der Waals surface area contributed by atoms with Gasteiger partial charge in [0.2, 0.25) is 0 Å². The van der Waals surface area contributed by atoms with Crippen LogP contribution in [0.2, 0.25) is 0 Å². The summed E-state index contributed by atoms with van der Waals surface area (Å²) < 4.78 is 7.07. The number of hydrogen-bond acceptors (Lipinski definition) is 4. The summed E-state index contributed by atoms with van der Waals surface area (Å²) in [6.45, 7) is 2.23. The largest absolute Gasteiger partial charge is 0.493 e. The zero-order valence-electron chi connectivity index (χ0n) is 14.5. The third-order valence-corrected chi connectivity index (χ3v) is 5.31. The molecule has 1 aromatic carbocycles. The van der Waals surface area contributed by atoms with Crippen molar-refractivity contribution >= 4 is 5.91 Å². The van der Waals surface area contributed by atoms with Crippen LogP contribution in [-0.2, 0) is 0 Å². The molecule has 0 spiro atoms. The van der Waals surface area contributed by atoms with Gasteiger partial charge >= 0.3 is 0 Å². The van der Waals surface area contributed by atoms with E-state index in [1.165, 1.54) is 19.3 Å². The number of benzene rings is 1. The lowest BCUT2D eigenvalue weighted by atomic mass is 9.99. The first-order chi connectivity index (χ1) is 12.3. The zero-order chi connectivity index (χ0) is 17.2. The number of nitrogens with one attached hydrogen (secondary N) is 1. The number of methoxy groups -OCH3 is 1. The highest BCUT2D eigenvalue weighted by atomic mass is 16.5. The number of ether oxygens (including phenoxy) is 1. The summed E-state index contributed by atoms with van der Waals surface area (Å²) in [6.07, 6.45) is 6.45. The maximum Gasteiger partial charge on any atom is 0.275 e. The smallest absolute Gasteiger partial charge is 0.275 e. The molecule has 1 N–H and O–H groups in total. The first-order valence-electron chi connectivity index (χ1n) is 9.00. The van der Waals surface area contributed by atoms with Crippen LogP contribution in [-0.4, -0.2) is 52.9 Å². The van der Waals surface area contributed by atoms with Gasteiger partial charge in [-0.2, -0.15) is 5.10 Å². The monoisotopic (exact) mass is 340 g/mol. The Morgan fingerprint density at radius 3 is 2.84 bits per heavy atom. The van der Waals surface area contributed by atoms with Crippen molar-refractivity contribution in [2.24, 2.45) is 0 Å². The van der Waals surface area contributed by atoms with Crippen LogP contribution < -0.4 is 10.1 Å². The topological polar surface area (TPSA) is 59.4 Å². The molecule has 0 radical (unpaired) electrons. The van der Waals surface area contributed by atoms with Crippen molar-refractivity contribution < 1.29 is 9.53 Å². The van der Waals surface area contributed by atoms with Crippen LogP contribution in [0.5, 0.6) is 5.75 Å². The van der Waals surface area contributed by atoms with Crippen molar-refractivity contribution in [2.75, 3.05) is 20.2 Å². The second kappa shape index (κ2) is 6.88. The van der Waals surface area contributed by atoms with E-state index in [-0.39, 0.29) is 11.9 Å². The molecule has 3 heterocycles. The fourth-order valence-corrected chi connectivity index (χ4v) is 4.03. The third kappa shape index (κ3) is 3.14. The molecule has 6 nitrogen and oxygen atoms in total. The van der Waals surface area contributed by atoms with Crippen molar-refractivity contribution in [3.05, 3.63) is 42.2 Å². The van der Waals surface area contributed by atoms with Crippen LogP contribution in [0.25, 0.3) is 5.69 Å². The van der Waals surface area contributed by atoms with Crippen LogP contribution in [0.15, 0.2) is 36.5 Å². The summed E-state index contributed by atoms with van der Waals surface area (Å²) in [5.74, 6) is 0.351. The second-order valence-corrected chi connectivity index (χ2v) is 6.79. The number of hydrogen-bond donors (Lipinski definition) is 1. The third-order valence-electron chi connectivity index (χ3n) is 5.31. The SMILES string of the molecule is COc1cn(-c2ccccc2)nc1C(=O)N[C@@H]1CCN2CCCC[C@@H]12. The average Bonchev–Trinajstić information content (AvgIpc) is 3.27. The van der Waals surface area contributed by atoms with Crippen molar-refractivity contribution in [1.82, 2.24) is 20.0 Å². The Bertz CT molecular complexity index is 743. The Balaban J connectivity index is 1.53. The average molecular weight is 340 g/mol. The Hall–Kier alpha value is -2.34. The molecule has 2 fully saturated rings. The molecule has 6 heteroatoms. The predicted octanol–water partition coefficient (Wildman–Crippen LogP) is 2.24. The number of carbonyl (C=O) groups is 1. The van der Waals surface area contributed by atoms with E-state index in [9.17, 15) is 4.79 Å². The highest BCUT2D eigenvalue weighted by molar-refractivity contribution is 5.95. The number of para-hydroxylation sites is 1. The van der Waals surface area contributed by atoms with Crippen molar-refractivity contribution in [3.8, 4) is 11.4 Å². The summed E-state index contributed by atoms with van der Waals surface area (Å²) in [5.41, 5.74) is 1.25. The van der Waals surface area contributed by atoms with Gasteiger partial charge in [-0.15, -0.1) is 0 Å². The summed E-state index contributed by atoms with van der Waals surface area (Å²) in [5, 5.41) is 7.66. The van der Waals surface area contributed by atoms with Crippen molar-refractivity contribution in [1.29, 1.82) is 0 Å². The van der Waals surface area contributed by atoms with Gasteiger partial charge in [-0.25, -0.2) is 4.68 Å². The normalized spacial score (nSPS) is 23.2. The molecular formula is C19H24N4O2. The van der Waals surface area contributed by atoms with Gasteiger partial charge in [-0.05, 0) is 37.9 Å². The number of fused-ring (bicyclic) bond motifs is 1. The molecule has 2 atom stereocenters. The van der Waals surface area contributed by atoms with Crippen LogP contribution >= 0.6 is 0 Å². The fraction of sp³-hybridized carbons (Fsp3) is 0.474. The van der Waals surface area contributed by atoms with E-state index in [0.29, 0.717) is 17.5 Å². The van der Waals surface area contributed by atoms with E-state index in [1.54, 1.807) is 18.0 Å². The second-order valence-electron chi connectivity index (χ2n) is 6.79. The molecule has 2 aliphatic heterocycles. The molecule has 0 unspecified atom stereocenters. The Morgan fingerprint density at radius 1 is 1.20 bits per heavy atom. The molecule has 4 rings (SSSR count). The van der Waals surface area contributed by atoms with Gasteiger partial charge < -0.3 is 10.1 Å². The highest BCUT2D eigenvalue weighted by Gasteiger charge is 2.37. The number of amides is 1. The summed E-state index contributed by atoms with van der Waals surface area (Å²) in [4.78, 5) is 15.3. The summed E-state index contributed by atoms with van der Waals surface area (Å²) >= 11 is 0. The lowest BCUT2D eigenvalue weighted by Crippen LogP contribution is -2.46. The van der Waals surface area contributed by atoms with Crippen molar-refractivity contribution in [2.45, 2.75) is 37.8 Å². The van der Waals surface area contributed by atoms with Gasteiger partial charge in [0, 0.05) is 18.6 Å². The van der Waals surface area contributed by atoms with Crippen molar-refractivity contribution in [3.63, 3.8) is 0 Å². The molecule has 1 amide bonds. The number of piperidine rings is 1. The van der Waals surface area contributed by atoms with E-state index >= 15 is 0 Å². The molecule has 2 aromatic rings. The number of carbonyl (C=O) groups excluding carboxylic acids is 1. The van der Waals surface area contributed by atoms with E-state index in [1.807, 2.05) is 30.3 Å². The zero-order valence-corrected chi connectivity index (χ0v) is 14.5. The maximum atomic E-state index is 12.8. The first-order valence-corrected chi connectivity index (χ1v) is 9.00. The molecular weight excluding hydrogens is 316 g/mol. The van der Waals surface area contributed by atoms with E-state index in [2.05, 4.69) is 15.3 Å². The molecule has 132 valence electrons. The minimum absolute atomic E-state index is 0.149. The van der Waals surface area contributed by atoms with E-state index in [0.717, 1.165) is 25.2 Å². The first kappa shape index (κ1) is 16.1. The Morgan fingerprint density at radius 2 is 2.04 bits per heavy atom. The maximum absolute atomic E-state index is 12.8. The van der Waals surface area contributed by atoms with Crippen LogP contribution in [0, 0.1) is 0 Å². The molecule has 0 saturated carbocycles. The van der Waals surface area contributed by atoms with E-state index < -0.39 is 0 Å². The molecule has 1 aromatic heterocycles. The standard InChI is InChI=1S/C19H24N4O2/c1-25-17-13-23(14-7-3-2-4-8-14)21-18(17)19(24)20-15-10-12-22-11-6-5-9-16(15)22/h2-4,7-8,13,15-16H,5-6,9-12H2,1H3,(H,20,24)/t15-,16+/m1/s1. The number of nitrogens with zero attached hydrogens (tertiary/aromatic N) is 3. The minimum Gasteiger partial charge on any atom is -0.493 e. The number of aromatic nitrogens is 2. The fourth-order valence-electron chi connectivity index (χ4n) is 4.03. The molecule has 0 aliphatic carbocycles. The van der Waals surface area contributed by atoms with Gasteiger partial charge in [-0.1, -0.05) is 24.6 Å². The van der Waals surface area contributed by atoms with Gasteiger partial charge in [0.25, 0.3) is 5.91 Å². The summed E-state index contributed by atoms with van der Waals surface area (Å²) in [6, 6.07) is 10.4. The Labute approximate surface area is 147 Å². The number of rotatable bonds is 4. The van der Waals surface area contributed by atoms with Gasteiger partial charge in [0.05, 0.1) is 19.0 Å². The van der Waals surface area contributed by atoms with E-state index in [4.69, 9.17) is 4.74 Å². The van der Waals surface area contributed by atoms with Gasteiger partial charge in [0.1, 0.15) is 0 Å². The van der Waals surface area contributed by atoms with Crippen LogP contribution in [0.1, 0.15) is 36.2 Å².